The zero-order chi connectivity index (χ0) is 15.3. The third-order valence-corrected chi connectivity index (χ3v) is 4.66. The summed E-state index contributed by atoms with van der Waals surface area (Å²) in [4.78, 5) is 24.0. The molecule has 0 atom stereocenters. The number of carbonyl (C=O) groups is 2. The molecule has 110 valence electrons. The summed E-state index contributed by atoms with van der Waals surface area (Å²) < 4.78 is 10.2. The van der Waals surface area contributed by atoms with Gasteiger partial charge in [0, 0.05) is 0 Å². The molecule has 20 heavy (non-hydrogen) atoms. The van der Waals surface area contributed by atoms with Gasteiger partial charge in [-0.25, -0.2) is 0 Å². The van der Waals surface area contributed by atoms with Gasteiger partial charge in [0.2, 0.25) is 0 Å². The summed E-state index contributed by atoms with van der Waals surface area (Å²) in [5, 5.41) is 0.314. The van der Waals surface area contributed by atoms with E-state index < -0.39 is 20.4 Å². The van der Waals surface area contributed by atoms with Gasteiger partial charge in [-0.1, -0.05) is 0 Å². The third-order valence-electron chi connectivity index (χ3n) is 2.76. The van der Waals surface area contributed by atoms with E-state index >= 15 is 0 Å². The minimum atomic E-state index is -0.401. The Morgan fingerprint density at radius 3 is 1.95 bits per heavy atom. The average molecular weight is 343 g/mol. The Hall–Kier alpha value is -1.32. The molecular formula is C15H20O4Se. The Bertz CT molecular complexity index is 481. The molecule has 0 saturated heterocycles. The van der Waals surface area contributed by atoms with Gasteiger partial charge in [-0.15, -0.1) is 0 Å². The van der Waals surface area contributed by atoms with Crippen molar-refractivity contribution in [2.45, 2.75) is 26.1 Å². The van der Waals surface area contributed by atoms with E-state index in [1.54, 1.807) is 18.2 Å². The summed E-state index contributed by atoms with van der Waals surface area (Å²) in [6.07, 6.45) is 0. The van der Waals surface area contributed by atoms with E-state index in [1.807, 2.05) is 20.8 Å². The van der Waals surface area contributed by atoms with Crippen LogP contribution in [0.4, 0.5) is 0 Å². The van der Waals surface area contributed by atoms with Gasteiger partial charge in [0.25, 0.3) is 0 Å². The van der Waals surface area contributed by atoms with Crippen LogP contribution in [0, 0.1) is 5.41 Å². The first-order chi connectivity index (χ1) is 9.27. The molecule has 0 aromatic heterocycles. The molecule has 0 fully saturated rings. The maximum absolute atomic E-state index is 12.2. The van der Waals surface area contributed by atoms with Crippen molar-refractivity contribution in [3.8, 4) is 11.5 Å². The number of ether oxygens (including phenoxy) is 2. The van der Waals surface area contributed by atoms with Crippen molar-refractivity contribution in [1.29, 1.82) is 0 Å². The van der Waals surface area contributed by atoms with Gasteiger partial charge >= 0.3 is 125 Å². The number of carbonyl (C=O) groups excluding carboxylic acids is 2. The molecule has 0 aliphatic rings. The number of rotatable bonds is 6. The fraction of sp³-hybridized carbons (Fsp3) is 0.467. The molecule has 1 aromatic carbocycles. The summed E-state index contributed by atoms with van der Waals surface area (Å²) in [5.74, 6) is 1.26. The van der Waals surface area contributed by atoms with Crippen molar-refractivity contribution >= 4 is 25.4 Å². The van der Waals surface area contributed by atoms with E-state index in [-0.39, 0.29) is 10.5 Å². The first-order valence-corrected chi connectivity index (χ1v) is 8.28. The van der Waals surface area contributed by atoms with Gasteiger partial charge in [-0.05, 0) is 0 Å². The first kappa shape index (κ1) is 16.7. The SMILES string of the molecule is COc1cc(OC)cc(C(=O)[Se]CC(=O)C(C)(C)C)c1. The summed E-state index contributed by atoms with van der Waals surface area (Å²) in [7, 11) is 3.08. The van der Waals surface area contributed by atoms with Crippen molar-refractivity contribution in [1.82, 2.24) is 0 Å². The fourth-order valence-electron chi connectivity index (χ4n) is 1.36. The molecule has 5 heteroatoms. The molecule has 0 amide bonds. The van der Waals surface area contributed by atoms with Gasteiger partial charge in [0.05, 0.1) is 0 Å². The zero-order valence-electron chi connectivity index (χ0n) is 12.5. The van der Waals surface area contributed by atoms with Crippen LogP contribution >= 0.6 is 0 Å². The zero-order valence-corrected chi connectivity index (χ0v) is 14.2. The molecule has 1 aromatic rings. The van der Waals surface area contributed by atoms with Crippen LogP contribution in [0.5, 0.6) is 11.5 Å². The number of hydrogen-bond acceptors (Lipinski definition) is 4. The predicted molar refractivity (Wildman–Crippen MR) is 78.9 cm³/mol. The maximum atomic E-state index is 12.2. The summed E-state index contributed by atoms with van der Waals surface area (Å²) >= 11 is -0.401. The Balaban J connectivity index is 2.80. The van der Waals surface area contributed by atoms with E-state index in [0.29, 0.717) is 22.4 Å². The monoisotopic (exact) mass is 344 g/mol. The quantitative estimate of drug-likeness (QED) is 0.745. The molecule has 0 aliphatic carbocycles. The topological polar surface area (TPSA) is 52.6 Å². The molecular weight excluding hydrogens is 323 g/mol. The molecule has 1 rings (SSSR count). The van der Waals surface area contributed by atoms with Crippen molar-refractivity contribution in [3.63, 3.8) is 0 Å². The second kappa shape index (κ2) is 6.91. The third kappa shape index (κ3) is 4.66. The average Bonchev–Trinajstić information content (AvgIpc) is 2.42. The Morgan fingerprint density at radius 2 is 1.55 bits per heavy atom. The first-order valence-electron chi connectivity index (χ1n) is 6.21. The van der Waals surface area contributed by atoms with Gasteiger partial charge in [-0.2, -0.15) is 0 Å². The van der Waals surface area contributed by atoms with E-state index in [4.69, 9.17) is 9.47 Å². The number of methoxy groups -OCH3 is 2. The number of Topliss-reactive ketones (excluding diaryl/α,β-unsaturated/α-hetero) is 1. The van der Waals surface area contributed by atoms with Crippen LogP contribution in [0.2, 0.25) is 5.32 Å². The fourth-order valence-corrected chi connectivity index (χ4v) is 3.41. The Labute approximate surface area is 126 Å². The number of hydrogen-bond donors (Lipinski definition) is 0. The standard InChI is InChI=1S/C15H20O4Se/c1-15(2,3)13(16)9-20-14(17)10-6-11(18-4)8-12(7-10)19-5/h6-8H,9H2,1-5H3. The van der Waals surface area contributed by atoms with E-state index in [2.05, 4.69) is 0 Å². The van der Waals surface area contributed by atoms with E-state index in [9.17, 15) is 9.59 Å². The van der Waals surface area contributed by atoms with Gasteiger partial charge in [0.15, 0.2) is 0 Å². The van der Waals surface area contributed by atoms with Crippen LogP contribution in [-0.2, 0) is 4.79 Å². The van der Waals surface area contributed by atoms with Crippen LogP contribution in [0.15, 0.2) is 18.2 Å². The summed E-state index contributed by atoms with van der Waals surface area (Å²) in [6.45, 7) is 5.60. The molecule has 4 nitrogen and oxygen atoms in total. The summed E-state index contributed by atoms with van der Waals surface area (Å²) in [5.41, 5.74) is 0.136. The molecule has 0 spiro atoms. The van der Waals surface area contributed by atoms with E-state index in [0.717, 1.165) is 0 Å². The van der Waals surface area contributed by atoms with Crippen molar-refractivity contribution in [3.05, 3.63) is 23.8 Å². The van der Waals surface area contributed by atoms with Crippen LogP contribution in [-0.4, -0.2) is 39.6 Å². The number of ketones is 1. The molecule has 0 bridgehead atoms. The molecule has 0 unspecified atom stereocenters. The van der Waals surface area contributed by atoms with E-state index in [1.165, 1.54) is 14.2 Å². The second-order valence-electron chi connectivity index (χ2n) is 5.35. The summed E-state index contributed by atoms with van der Waals surface area (Å²) in [6, 6.07) is 5.06. The molecule has 0 radical (unpaired) electrons. The Morgan fingerprint density at radius 1 is 1.05 bits per heavy atom. The molecule has 0 N–H and O–H groups in total. The molecule has 0 saturated carbocycles. The molecule has 0 heterocycles. The van der Waals surface area contributed by atoms with Crippen molar-refractivity contribution < 1.29 is 19.1 Å². The van der Waals surface area contributed by atoms with Crippen LogP contribution in [0.1, 0.15) is 31.1 Å². The minimum absolute atomic E-state index is 0.0210. The van der Waals surface area contributed by atoms with Crippen LogP contribution in [0.25, 0.3) is 0 Å². The van der Waals surface area contributed by atoms with Crippen molar-refractivity contribution in [2.24, 2.45) is 5.41 Å². The Kier molecular flexibility index (Phi) is 5.78. The number of benzene rings is 1. The molecule has 0 aliphatic heterocycles. The van der Waals surface area contributed by atoms with Gasteiger partial charge in [0.1, 0.15) is 0 Å². The van der Waals surface area contributed by atoms with Crippen LogP contribution in [0.3, 0.4) is 0 Å². The van der Waals surface area contributed by atoms with Gasteiger partial charge in [-0.3, -0.25) is 0 Å². The van der Waals surface area contributed by atoms with Gasteiger partial charge < -0.3 is 0 Å². The second-order valence-corrected chi connectivity index (χ2v) is 7.34. The predicted octanol–water partition coefficient (Wildman–Crippen LogP) is 2.58. The normalized spacial score (nSPS) is 11.1. The van der Waals surface area contributed by atoms with Crippen LogP contribution < -0.4 is 9.47 Å². The van der Waals surface area contributed by atoms with Crippen molar-refractivity contribution in [2.75, 3.05) is 14.2 Å².